The van der Waals surface area contributed by atoms with Gasteiger partial charge in [-0.05, 0) is 37.8 Å². The Morgan fingerprint density at radius 1 is 1.30 bits per heavy atom. The molecule has 0 spiro atoms. The minimum absolute atomic E-state index is 0.0850. The van der Waals surface area contributed by atoms with E-state index in [9.17, 15) is 4.79 Å². The largest absolute Gasteiger partial charge is 0.342 e. The fourth-order valence-electron chi connectivity index (χ4n) is 3.28. The Morgan fingerprint density at radius 3 is 2.65 bits per heavy atom. The molecule has 2 amide bonds. The van der Waals surface area contributed by atoms with Gasteiger partial charge >= 0.3 is 6.03 Å². The molecule has 2 aromatic rings. The third-order valence-corrected chi connectivity index (χ3v) is 4.89. The van der Waals surface area contributed by atoms with Crippen molar-refractivity contribution in [2.75, 3.05) is 13.1 Å². The van der Waals surface area contributed by atoms with Crippen molar-refractivity contribution >= 4 is 17.1 Å². The summed E-state index contributed by atoms with van der Waals surface area (Å²) >= 11 is 0. The van der Waals surface area contributed by atoms with Crippen molar-refractivity contribution in [2.45, 2.75) is 51.5 Å². The number of H-pyrrole nitrogens is 1. The van der Waals surface area contributed by atoms with Gasteiger partial charge in [0.15, 0.2) is 0 Å². The molecule has 5 heteroatoms. The van der Waals surface area contributed by atoms with E-state index in [0.717, 1.165) is 55.6 Å². The molecule has 1 aromatic carbocycles. The van der Waals surface area contributed by atoms with Crippen LogP contribution in [0.1, 0.15) is 51.3 Å². The number of hydrogen-bond acceptors (Lipinski definition) is 2. The molecule has 0 bridgehead atoms. The van der Waals surface area contributed by atoms with Crippen molar-refractivity contribution in [3.63, 3.8) is 0 Å². The molecule has 1 aliphatic heterocycles. The van der Waals surface area contributed by atoms with Crippen molar-refractivity contribution in [3.05, 3.63) is 30.1 Å². The third kappa shape index (κ3) is 3.49. The number of aromatic amines is 1. The molecule has 2 heterocycles. The number of para-hydroxylation sites is 2. The smallest absolute Gasteiger partial charge is 0.317 e. The molecule has 0 aliphatic carbocycles. The topological polar surface area (TPSA) is 61.0 Å². The van der Waals surface area contributed by atoms with Crippen molar-refractivity contribution in [1.82, 2.24) is 20.2 Å². The van der Waals surface area contributed by atoms with Crippen LogP contribution in [0.3, 0.4) is 0 Å². The lowest BCUT2D eigenvalue weighted by Crippen LogP contribution is -2.47. The number of rotatable bonds is 4. The maximum absolute atomic E-state index is 12.3. The summed E-state index contributed by atoms with van der Waals surface area (Å²) in [5.41, 5.74) is 2.12. The van der Waals surface area contributed by atoms with Crippen LogP contribution in [0.25, 0.3) is 11.0 Å². The van der Waals surface area contributed by atoms with Gasteiger partial charge in [-0.3, -0.25) is 0 Å². The second kappa shape index (κ2) is 7.02. The van der Waals surface area contributed by atoms with Crippen LogP contribution >= 0.6 is 0 Å². The normalized spacial score (nSPS) is 16.2. The minimum atomic E-state index is 0.0850. The predicted molar refractivity (Wildman–Crippen MR) is 92.5 cm³/mol. The number of urea groups is 1. The number of carbonyl (C=O) groups is 1. The fraction of sp³-hybridized carbons (Fsp3) is 0.556. The Bertz CT molecular complexity index is 621. The van der Waals surface area contributed by atoms with Crippen LogP contribution in [0.4, 0.5) is 4.79 Å². The van der Waals surface area contributed by atoms with E-state index >= 15 is 0 Å². The Kier molecular flexibility index (Phi) is 4.84. The molecule has 124 valence electrons. The van der Waals surface area contributed by atoms with Crippen LogP contribution in [-0.4, -0.2) is 40.0 Å². The molecule has 0 atom stereocenters. The first-order valence-corrected chi connectivity index (χ1v) is 8.71. The zero-order valence-electron chi connectivity index (χ0n) is 14.0. The molecule has 1 fully saturated rings. The number of amides is 2. The monoisotopic (exact) mass is 314 g/mol. The van der Waals surface area contributed by atoms with Gasteiger partial charge in [-0.15, -0.1) is 0 Å². The summed E-state index contributed by atoms with van der Waals surface area (Å²) in [6.07, 6.45) is 3.90. The summed E-state index contributed by atoms with van der Waals surface area (Å²) in [4.78, 5) is 22.4. The molecule has 23 heavy (non-hydrogen) atoms. The van der Waals surface area contributed by atoms with E-state index in [0.29, 0.717) is 5.92 Å². The molecule has 3 rings (SSSR count). The maximum atomic E-state index is 12.3. The Morgan fingerprint density at radius 2 is 2.00 bits per heavy atom. The van der Waals surface area contributed by atoms with Crippen molar-refractivity contribution in [2.24, 2.45) is 0 Å². The van der Waals surface area contributed by atoms with Gasteiger partial charge in [-0.1, -0.05) is 26.0 Å². The summed E-state index contributed by atoms with van der Waals surface area (Å²) < 4.78 is 0. The van der Waals surface area contributed by atoms with Gasteiger partial charge in [0.05, 0.1) is 11.0 Å². The first kappa shape index (κ1) is 15.8. The second-order valence-corrected chi connectivity index (χ2v) is 6.36. The highest BCUT2D eigenvalue weighted by atomic mass is 16.2. The molecule has 2 N–H and O–H groups in total. The zero-order chi connectivity index (χ0) is 16.2. The fourth-order valence-corrected chi connectivity index (χ4v) is 3.28. The molecule has 5 nitrogen and oxygen atoms in total. The predicted octanol–water partition coefficient (Wildman–Crippen LogP) is 3.64. The molecular weight excluding hydrogens is 288 g/mol. The Balaban J connectivity index is 1.58. The first-order chi connectivity index (χ1) is 11.2. The molecule has 1 aromatic heterocycles. The second-order valence-electron chi connectivity index (χ2n) is 6.36. The molecule has 1 saturated heterocycles. The van der Waals surface area contributed by atoms with Gasteiger partial charge in [-0.2, -0.15) is 0 Å². The summed E-state index contributed by atoms with van der Waals surface area (Å²) in [6, 6.07) is 8.50. The average Bonchev–Trinajstić information content (AvgIpc) is 3.03. The van der Waals surface area contributed by atoms with E-state index in [1.54, 1.807) is 0 Å². The highest BCUT2D eigenvalue weighted by molar-refractivity contribution is 5.75. The van der Waals surface area contributed by atoms with Gasteiger partial charge in [0.1, 0.15) is 5.82 Å². The first-order valence-electron chi connectivity index (χ1n) is 8.71. The van der Waals surface area contributed by atoms with E-state index in [-0.39, 0.29) is 12.1 Å². The number of benzene rings is 1. The van der Waals surface area contributed by atoms with E-state index in [1.807, 2.05) is 23.1 Å². The average molecular weight is 314 g/mol. The summed E-state index contributed by atoms with van der Waals surface area (Å²) in [5, 5.41) is 3.13. The van der Waals surface area contributed by atoms with E-state index in [1.165, 1.54) is 0 Å². The lowest BCUT2D eigenvalue weighted by atomic mass is 9.96. The van der Waals surface area contributed by atoms with Crippen molar-refractivity contribution in [1.29, 1.82) is 0 Å². The van der Waals surface area contributed by atoms with Gasteiger partial charge in [0, 0.05) is 25.0 Å². The quantitative estimate of drug-likeness (QED) is 0.905. The van der Waals surface area contributed by atoms with Gasteiger partial charge < -0.3 is 15.2 Å². The number of fused-ring (bicyclic) bond motifs is 1. The highest BCUT2D eigenvalue weighted by Crippen LogP contribution is 2.27. The number of likely N-dealkylation sites (tertiary alicyclic amines) is 1. The van der Waals surface area contributed by atoms with E-state index < -0.39 is 0 Å². The van der Waals surface area contributed by atoms with Gasteiger partial charge in [-0.25, -0.2) is 9.78 Å². The number of nitrogens with one attached hydrogen (secondary N) is 2. The molecule has 0 saturated carbocycles. The Labute approximate surface area is 137 Å². The lowest BCUT2D eigenvalue weighted by Gasteiger charge is -2.32. The Hall–Kier alpha value is -2.04. The number of hydrogen-bond donors (Lipinski definition) is 2. The number of nitrogens with zero attached hydrogens (tertiary/aromatic N) is 2. The van der Waals surface area contributed by atoms with E-state index in [4.69, 9.17) is 4.98 Å². The van der Waals surface area contributed by atoms with Crippen molar-refractivity contribution in [3.8, 4) is 0 Å². The van der Waals surface area contributed by atoms with Crippen LogP contribution in [0.5, 0.6) is 0 Å². The number of imidazole rings is 1. The molecule has 1 aliphatic rings. The molecule has 0 unspecified atom stereocenters. The van der Waals surface area contributed by atoms with E-state index in [2.05, 4.69) is 30.2 Å². The third-order valence-electron chi connectivity index (χ3n) is 4.89. The number of piperidine rings is 1. The van der Waals surface area contributed by atoms with Crippen LogP contribution < -0.4 is 5.32 Å². The van der Waals surface area contributed by atoms with Crippen LogP contribution in [0.15, 0.2) is 24.3 Å². The van der Waals surface area contributed by atoms with Crippen LogP contribution in [0.2, 0.25) is 0 Å². The maximum Gasteiger partial charge on any atom is 0.317 e. The van der Waals surface area contributed by atoms with Crippen LogP contribution in [0, 0.1) is 0 Å². The molecule has 0 radical (unpaired) electrons. The highest BCUT2D eigenvalue weighted by Gasteiger charge is 2.26. The van der Waals surface area contributed by atoms with Gasteiger partial charge in [0.25, 0.3) is 0 Å². The SMILES string of the molecule is CCC(CC)NC(=O)N1CCC(c2nc3ccccc3[nH]2)CC1. The number of aromatic nitrogens is 2. The summed E-state index contributed by atoms with van der Waals surface area (Å²) in [5.74, 6) is 1.48. The lowest BCUT2D eigenvalue weighted by molar-refractivity contribution is 0.176. The number of carbonyl (C=O) groups excluding carboxylic acids is 1. The van der Waals surface area contributed by atoms with Gasteiger partial charge in [0.2, 0.25) is 0 Å². The van der Waals surface area contributed by atoms with Crippen LogP contribution in [-0.2, 0) is 0 Å². The zero-order valence-corrected chi connectivity index (χ0v) is 14.0. The minimum Gasteiger partial charge on any atom is -0.342 e. The standard InChI is InChI=1S/C18H26N4O/c1-3-14(4-2)19-18(23)22-11-9-13(10-12-22)17-20-15-7-5-6-8-16(15)21-17/h5-8,13-14H,3-4,9-12H2,1-2H3,(H,19,23)(H,20,21). The van der Waals surface area contributed by atoms with Crippen molar-refractivity contribution < 1.29 is 4.79 Å². The molecular formula is C18H26N4O. The summed E-state index contributed by atoms with van der Waals surface area (Å²) in [7, 11) is 0. The summed E-state index contributed by atoms with van der Waals surface area (Å²) in [6.45, 7) is 5.83.